The van der Waals surface area contributed by atoms with Gasteiger partial charge < -0.3 is 13.7 Å². The first-order valence-electron chi connectivity index (χ1n) is 19.4. The van der Waals surface area contributed by atoms with Crippen LogP contribution in [0.25, 0.3) is 97.7 Å². The quantitative estimate of drug-likeness (QED) is 0.169. The van der Waals surface area contributed by atoms with Gasteiger partial charge in [-0.1, -0.05) is 127 Å². The third-order valence-corrected chi connectivity index (χ3v) is 12.5. The van der Waals surface area contributed by atoms with E-state index in [1.807, 2.05) is 24.3 Å². The van der Waals surface area contributed by atoms with E-state index in [0.717, 1.165) is 92.9 Å². The fraction of sp³-hybridized carbons (Fsp3) is 0. The number of furan rings is 2. The van der Waals surface area contributed by atoms with Crippen LogP contribution in [0.1, 0.15) is 0 Å². The van der Waals surface area contributed by atoms with Gasteiger partial charge in [0.05, 0.1) is 21.3 Å². The molecule has 3 heterocycles. The SMILES string of the molecule is c1ccc(-c2nc3ccc4oc5ccc(-c6ccc(N(c7ccc(-c8cccc9ccccc89)cc7)c7cccc8oc9ccccc9c78)cc6)cc5c4c3s2)cc1. The molecular weight excluding hydrogens is 729 g/mol. The highest BCUT2D eigenvalue weighted by Crippen LogP contribution is 2.45. The molecule has 0 atom stereocenters. The van der Waals surface area contributed by atoms with Crippen LogP contribution in [0.2, 0.25) is 0 Å². The van der Waals surface area contributed by atoms with E-state index in [1.165, 1.54) is 21.9 Å². The molecular formula is C53H32N2O2S. The lowest BCUT2D eigenvalue weighted by molar-refractivity contribution is 0.668. The summed E-state index contributed by atoms with van der Waals surface area (Å²) >= 11 is 1.72. The van der Waals surface area contributed by atoms with Gasteiger partial charge in [0.2, 0.25) is 0 Å². The number of aromatic nitrogens is 1. The molecule has 0 unspecified atom stereocenters. The molecule has 0 aliphatic rings. The molecule has 12 aromatic rings. The number of fused-ring (bicyclic) bond motifs is 9. The Bertz CT molecular complexity index is 3500. The van der Waals surface area contributed by atoms with Crippen LogP contribution in [0.4, 0.5) is 17.1 Å². The van der Waals surface area contributed by atoms with Crippen LogP contribution in [0.3, 0.4) is 0 Å². The van der Waals surface area contributed by atoms with Crippen molar-refractivity contribution in [3.63, 3.8) is 0 Å². The molecule has 0 bridgehead atoms. The molecule has 5 heteroatoms. The lowest BCUT2D eigenvalue weighted by Gasteiger charge is -2.26. The van der Waals surface area contributed by atoms with Crippen LogP contribution in [-0.2, 0) is 0 Å². The minimum Gasteiger partial charge on any atom is -0.456 e. The van der Waals surface area contributed by atoms with E-state index in [2.05, 4.69) is 175 Å². The maximum Gasteiger partial charge on any atom is 0.137 e. The summed E-state index contributed by atoms with van der Waals surface area (Å²) in [5.41, 5.74) is 13.4. The van der Waals surface area contributed by atoms with Crippen molar-refractivity contribution in [2.45, 2.75) is 0 Å². The van der Waals surface area contributed by atoms with Gasteiger partial charge in [-0.3, -0.25) is 0 Å². The number of para-hydroxylation sites is 1. The summed E-state index contributed by atoms with van der Waals surface area (Å²) in [6.45, 7) is 0. The van der Waals surface area contributed by atoms with Gasteiger partial charge >= 0.3 is 0 Å². The second kappa shape index (κ2) is 13.1. The molecule has 0 aliphatic carbocycles. The number of anilines is 3. The average molecular weight is 761 g/mol. The summed E-state index contributed by atoms with van der Waals surface area (Å²) in [4.78, 5) is 7.35. The van der Waals surface area contributed by atoms with Crippen LogP contribution in [0, 0.1) is 0 Å². The van der Waals surface area contributed by atoms with E-state index in [9.17, 15) is 0 Å². The van der Waals surface area contributed by atoms with Crippen molar-refractivity contribution < 1.29 is 8.83 Å². The third kappa shape index (κ3) is 5.25. The Balaban J connectivity index is 0.976. The fourth-order valence-electron chi connectivity index (χ4n) is 8.57. The molecule has 4 nitrogen and oxygen atoms in total. The predicted octanol–water partition coefficient (Wildman–Crippen LogP) is 15.7. The van der Waals surface area contributed by atoms with Crippen molar-refractivity contribution in [2.75, 3.05) is 4.90 Å². The van der Waals surface area contributed by atoms with Crippen molar-refractivity contribution >= 4 is 93.3 Å². The average Bonchev–Trinajstić information content (AvgIpc) is 4.01. The maximum atomic E-state index is 6.40. The molecule has 3 aromatic heterocycles. The zero-order valence-corrected chi connectivity index (χ0v) is 31.9. The standard InChI is InChI=1S/C53H32N2O2S/c1-2-11-36(12-3-1)53-54-44-29-31-49-51(52(44)58-53)43-32-37(24-30-47(43)57-49)33-20-25-38(26-21-33)55(45-17-9-19-48-50(45)42-15-6-7-18-46(42)56-48)39-27-22-35(23-28-39)41-16-8-13-34-10-4-5-14-40(34)41/h1-32H. The van der Waals surface area contributed by atoms with Gasteiger partial charge in [0, 0.05) is 33.1 Å². The van der Waals surface area contributed by atoms with E-state index in [1.54, 1.807) is 11.3 Å². The number of nitrogens with zero attached hydrogens (tertiary/aromatic N) is 2. The minimum absolute atomic E-state index is 0.860. The van der Waals surface area contributed by atoms with Crippen LogP contribution in [0.5, 0.6) is 0 Å². The summed E-state index contributed by atoms with van der Waals surface area (Å²) in [6, 6.07) is 68.6. The number of benzene rings is 9. The molecule has 0 aliphatic heterocycles. The molecule has 0 saturated heterocycles. The topological polar surface area (TPSA) is 42.4 Å². The molecule has 272 valence electrons. The summed E-state index contributed by atoms with van der Waals surface area (Å²) in [6.07, 6.45) is 0. The highest BCUT2D eigenvalue weighted by Gasteiger charge is 2.21. The van der Waals surface area contributed by atoms with Gasteiger partial charge in [0.15, 0.2) is 0 Å². The first-order chi connectivity index (χ1) is 28.7. The maximum absolute atomic E-state index is 6.40. The molecule has 0 fully saturated rings. The minimum atomic E-state index is 0.860. The normalized spacial score (nSPS) is 11.8. The molecule has 9 aromatic carbocycles. The van der Waals surface area contributed by atoms with Gasteiger partial charge in [-0.2, -0.15) is 0 Å². The summed E-state index contributed by atoms with van der Waals surface area (Å²) in [5, 5.41) is 7.88. The largest absolute Gasteiger partial charge is 0.456 e. The molecule has 58 heavy (non-hydrogen) atoms. The molecule has 12 rings (SSSR count). The first kappa shape index (κ1) is 32.7. The second-order valence-corrected chi connectivity index (χ2v) is 15.7. The van der Waals surface area contributed by atoms with Crippen molar-refractivity contribution in [3.05, 3.63) is 194 Å². The molecule has 0 spiro atoms. The third-order valence-electron chi connectivity index (χ3n) is 11.3. The Labute approximate surface area is 337 Å². The lowest BCUT2D eigenvalue weighted by atomic mass is 9.98. The van der Waals surface area contributed by atoms with Gasteiger partial charge in [-0.15, -0.1) is 11.3 Å². The second-order valence-electron chi connectivity index (χ2n) is 14.7. The molecule has 0 amide bonds. The Morgan fingerprint density at radius 1 is 0.414 bits per heavy atom. The lowest BCUT2D eigenvalue weighted by Crippen LogP contribution is -2.10. The predicted molar refractivity (Wildman–Crippen MR) is 243 cm³/mol. The van der Waals surface area contributed by atoms with Crippen molar-refractivity contribution in [3.8, 4) is 32.8 Å². The Morgan fingerprint density at radius 2 is 1.03 bits per heavy atom. The van der Waals surface area contributed by atoms with Crippen molar-refractivity contribution in [2.24, 2.45) is 0 Å². The molecule has 0 radical (unpaired) electrons. The summed E-state index contributed by atoms with van der Waals surface area (Å²) in [5.74, 6) is 0. The zero-order chi connectivity index (χ0) is 38.2. The van der Waals surface area contributed by atoms with Gasteiger partial charge in [-0.25, -0.2) is 4.98 Å². The van der Waals surface area contributed by atoms with Gasteiger partial charge in [0.1, 0.15) is 27.3 Å². The van der Waals surface area contributed by atoms with Gasteiger partial charge in [-0.05, 0) is 99.8 Å². The monoisotopic (exact) mass is 760 g/mol. The van der Waals surface area contributed by atoms with E-state index in [0.29, 0.717) is 0 Å². The number of thiazole rings is 1. The van der Waals surface area contributed by atoms with E-state index in [4.69, 9.17) is 13.8 Å². The Morgan fingerprint density at radius 3 is 1.86 bits per heavy atom. The smallest absolute Gasteiger partial charge is 0.137 e. The molecule has 0 N–H and O–H groups in total. The van der Waals surface area contributed by atoms with Gasteiger partial charge in [0.25, 0.3) is 0 Å². The zero-order valence-electron chi connectivity index (χ0n) is 31.1. The fourth-order valence-corrected chi connectivity index (χ4v) is 9.69. The highest BCUT2D eigenvalue weighted by molar-refractivity contribution is 7.22. The highest BCUT2D eigenvalue weighted by atomic mass is 32.1. The van der Waals surface area contributed by atoms with E-state index >= 15 is 0 Å². The van der Waals surface area contributed by atoms with Crippen LogP contribution in [0.15, 0.2) is 203 Å². The molecule has 0 saturated carbocycles. The van der Waals surface area contributed by atoms with Crippen LogP contribution in [-0.4, -0.2) is 4.98 Å². The number of rotatable bonds is 6. The number of hydrogen-bond donors (Lipinski definition) is 0. The van der Waals surface area contributed by atoms with E-state index in [-0.39, 0.29) is 0 Å². The Hall–Kier alpha value is -7.47. The summed E-state index contributed by atoms with van der Waals surface area (Å²) in [7, 11) is 0. The van der Waals surface area contributed by atoms with E-state index < -0.39 is 0 Å². The van der Waals surface area contributed by atoms with Crippen molar-refractivity contribution in [1.29, 1.82) is 0 Å². The van der Waals surface area contributed by atoms with Crippen molar-refractivity contribution in [1.82, 2.24) is 4.98 Å². The number of hydrogen-bond acceptors (Lipinski definition) is 5. The Kier molecular flexibility index (Phi) is 7.37. The van der Waals surface area contributed by atoms with Crippen LogP contribution < -0.4 is 4.90 Å². The first-order valence-corrected chi connectivity index (χ1v) is 20.3. The summed E-state index contributed by atoms with van der Waals surface area (Å²) < 4.78 is 13.9. The van der Waals surface area contributed by atoms with Crippen LogP contribution >= 0.6 is 11.3 Å².